The number of nitrogens with one attached hydrogen (secondary N) is 1. The van der Waals surface area contributed by atoms with E-state index in [2.05, 4.69) is 10.2 Å². The first-order valence-corrected chi connectivity index (χ1v) is 9.33. The molecule has 140 valence electrons. The number of rotatable bonds is 3. The number of para-hydroxylation sites is 2. The van der Waals surface area contributed by atoms with E-state index in [1.165, 1.54) is 0 Å². The maximum atomic E-state index is 12.6. The highest BCUT2D eigenvalue weighted by molar-refractivity contribution is 6.30. The molecule has 1 atom stereocenters. The Hall–Kier alpha value is -2.73. The first kappa shape index (κ1) is 17.7. The smallest absolute Gasteiger partial charge is 0.266 e. The molecule has 2 aromatic carbocycles. The highest BCUT2D eigenvalue weighted by atomic mass is 35.5. The van der Waals surface area contributed by atoms with E-state index in [9.17, 15) is 9.59 Å². The summed E-state index contributed by atoms with van der Waals surface area (Å²) in [5.74, 6) is 0.259. The lowest BCUT2D eigenvalue weighted by Gasteiger charge is -2.37. The topological polar surface area (TPSA) is 61.9 Å². The molecular weight excluding hydrogens is 366 g/mol. The fourth-order valence-corrected chi connectivity index (χ4v) is 3.51. The maximum absolute atomic E-state index is 12.6. The number of hydrogen-bond donors (Lipinski definition) is 1. The number of ether oxygens (including phenoxy) is 1. The Morgan fingerprint density at radius 1 is 1.07 bits per heavy atom. The van der Waals surface area contributed by atoms with Crippen molar-refractivity contribution >= 4 is 34.8 Å². The summed E-state index contributed by atoms with van der Waals surface area (Å²) in [6, 6.07) is 14.9. The van der Waals surface area contributed by atoms with Crippen LogP contribution in [-0.2, 0) is 9.59 Å². The molecule has 0 bridgehead atoms. The van der Waals surface area contributed by atoms with Gasteiger partial charge in [-0.1, -0.05) is 23.7 Å². The van der Waals surface area contributed by atoms with Crippen LogP contribution in [0.1, 0.15) is 6.42 Å². The molecule has 4 rings (SSSR count). The van der Waals surface area contributed by atoms with E-state index in [0.717, 1.165) is 18.8 Å². The van der Waals surface area contributed by atoms with Gasteiger partial charge in [-0.25, -0.2) is 0 Å². The Kier molecular flexibility index (Phi) is 4.90. The van der Waals surface area contributed by atoms with Crippen molar-refractivity contribution in [2.75, 3.05) is 36.4 Å². The minimum absolute atomic E-state index is 0.0428. The van der Waals surface area contributed by atoms with Crippen LogP contribution in [0, 0.1) is 0 Å². The molecule has 0 aromatic heterocycles. The summed E-state index contributed by atoms with van der Waals surface area (Å²) in [7, 11) is 0. The first-order chi connectivity index (χ1) is 13.1. The van der Waals surface area contributed by atoms with Crippen molar-refractivity contribution in [3.8, 4) is 5.75 Å². The maximum Gasteiger partial charge on any atom is 0.266 e. The Morgan fingerprint density at radius 2 is 1.78 bits per heavy atom. The molecule has 0 saturated carbocycles. The lowest BCUT2D eigenvalue weighted by atomic mass is 10.1. The Labute approximate surface area is 162 Å². The number of fused-ring (bicyclic) bond motifs is 1. The number of benzene rings is 2. The summed E-state index contributed by atoms with van der Waals surface area (Å²) in [5, 5.41) is 3.51. The van der Waals surface area contributed by atoms with Gasteiger partial charge in [0.05, 0.1) is 12.1 Å². The fourth-order valence-electron chi connectivity index (χ4n) is 3.38. The standard InChI is InChI=1S/C20H20ClN3O3/c21-14-5-7-15(8-6-14)23-9-11-24(12-10-23)19(25)13-18-20(26)22-16-3-1-2-4-17(16)27-18/h1-8,18H,9-13H2,(H,22,26). The molecule has 2 heterocycles. The molecule has 2 aliphatic rings. The zero-order valence-corrected chi connectivity index (χ0v) is 15.5. The van der Waals surface area contributed by atoms with E-state index in [1.54, 1.807) is 17.0 Å². The molecule has 1 N–H and O–H groups in total. The van der Waals surface area contributed by atoms with E-state index in [0.29, 0.717) is 29.5 Å². The van der Waals surface area contributed by atoms with Crippen LogP contribution in [0.25, 0.3) is 0 Å². The number of hydrogen-bond acceptors (Lipinski definition) is 4. The van der Waals surface area contributed by atoms with Gasteiger partial charge < -0.3 is 19.9 Å². The van der Waals surface area contributed by atoms with Gasteiger partial charge in [0.1, 0.15) is 5.75 Å². The second-order valence-electron chi connectivity index (χ2n) is 6.64. The van der Waals surface area contributed by atoms with Gasteiger partial charge >= 0.3 is 0 Å². The summed E-state index contributed by atoms with van der Waals surface area (Å²) in [5.41, 5.74) is 1.74. The van der Waals surface area contributed by atoms with Crippen molar-refractivity contribution in [2.24, 2.45) is 0 Å². The molecule has 27 heavy (non-hydrogen) atoms. The predicted molar refractivity (Wildman–Crippen MR) is 104 cm³/mol. The summed E-state index contributed by atoms with van der Waals surface area (Å²) in [6.07, 6.45) is -0.747. The van der Waals surface area contributed by atoms with E-state index in [-0.39, 0.29) is 18.2 Å². The molecule has 6 nitrogen and oxygen atoms in total. The zero-order chi connectivity index (χ0) is 18.8. The third-order valence-electron chi connectivity index (χ3n) is 4.89. The van der Waals surface area contributed by atoms with Gasteiger partial charge in [-0.05, 0) is 36.4 Å². The SMILES string of the molecule is O=C1Nc2ccccc2OC1CC(=O)N1CCN(c2ccc(Cl)cc2)CC1. The van der Waals surface area contributed by atoms with E-state index >= 15 is 0 Å². The summed E-state index contributed by atoms with van der Waals surface area (Å²) < 4.78 is 5.72. The lowest BCUT2D eigenvalue weighted by molar-refractivity contribution is -0.137. The highest BCUT2D eigenvalue weighted by Gasteiger charge is 2.32. The van der Waals surface area contributed by atoms with Gasteiger partial charge in [0.15, 0.2) is 6.10 Å². The fraction of sp³-hybridized carbons (Fsp3) is 0.300. The molecule has 0 radical (unpaired) electrons. The quantitative estimate of drug-likeness (QED) is 0.882. The summed E-state index contributed by atoms with van der Waals surface area (Å²) in [6.45, 7) is 2.72. The normalized spacial score (nSPS) is 19.1. The van der Waals surface area contributed by atoms with Gasteiger partial charge in [-0.15, -0.1) is 0 Å². The van der Waals surface area contributed by atoms with E-state index in [4.69, 9.17) is 16.3 Å². The van der Waals surface area contributed by atoms with Gasteiger partial charge in [0.2, 0.25) is 5.91 Å². The second-order valence-corrected chi connectivity index (χ2v) is 7.08. The van der Waals surface area contributed by atoms with Crippen LogP contribution in [0.15, 0.2) is 48.5 Å². The van der Waals surface area contributed by atoms with Crippen LogP contribution in [0.4, 0.5) is 11.4 Å². The number of piperazine rings is 1. The predicted octanol–water partition coefficient (Wildman–Crippen LogP) is 2.78. The van der Waals surface area contributed by atoms with Crippen molar-refractivity contribution in [3.05, 3.63) is 53.6 Å². The molecule has 0 aliphatic carbocycles. The third kappa shape index (κ3) is 3.85. The van der Waals surface area contributed by atoms with E-state index in [1.807, 2.05) is 36.4 Å². The van der Waals surface area contributed by atoms with Crippen molar-refractivity contribution < 1.29 is 14.3 Å². The van der Waals surface area contributed by atoms with E-state index < -0.39 is 6.10 Å². The van der Waals surface area contributed by atoms with Gasteiger partial charge in [0, 0.05) is 36.9 Å². The molecule has 2 aliphatic heterocycles. The van der Waals surface area contributed by atoms with Gasteiger partial charge in [0.25, 0.3) is 5.91 Å². The average molecular weight is 386 g/mol. The Balaban J connectivity index is 1.33. The molecule has 0 spiro atoms. The van der Waals surface area contributed by atoms with Crippen LogP contribution in [0.2, 0.25) is 5.02 Å². The van der Waals surface area contributed by atoms with Crippen LogP contribution in [-0.4, -0.2) is 49.0 Å². The minimum Gasteiger partial charge on any atom is -0.478 e. The number of amides is 2. The second kappa shape index (κ2) is 7.48. The van der Waals surface area contributed by atoms with Crippen molar-refractivity contribution in [1.82, 2.24) is 4.90 Å². The minimum atomic E-state index is -0.790. The Bertz CT molecular complexity index is 848. The van der Waals surface area contributed by atoms with Crippen LogP contribution < -0.4 is 15.0 Å². The van der Waals surface area contributed by atoms with Crippen molar-refractivity contribution in [2.45, 2.75) is 12.5 Å². The molecule has 2 amide bonds. The number of carbonyl (C=O) groups excluding carboxylic acids is 2. The number of nitrogens with zero attached hydrogens (tertiary/aromatic N) is 2. The third-order valence-corrected chi connectivity index (χ3v) is 5.14. The van der Waals surface area contributed by atoms with Crippen LogP contribution in [0.3, 0.4) is 0 Å². The largest absolute Gasteiger partial charge is 0.478 e. The Morgan fingerprint density at radius 3 is 2.52 bits per heavy atom. The molecule has 2 aromatic rings. The van der Waals surface area contributed by atoms with Crippen molar-refractivity contribution in [3.63, 3.8) is 0 Å². The first-order valence-electron chi connectivity index (χ1n) is 8.95. The number of halogens is 1. The van der Waals surface area contributed by atoms with Crippen LogP contribution in [0.5, 0.6) is 5.75 Å². The monoisotopic (exact) mass is 385 g/mol. The van der Waals surface area contributed by atoms with Crippen LogP contribution >= 0.6 is 11.6 Å². The summed E-state index contributed by atoms with van der Waals surface area (Å²) >= 11 is 5.94. The molecule has 1 unspecified atom stereocenters. The number of anilines is 2. The molecule has 7 heteroatoms. The molecule has 1 saturated heterocycles. The number of carbonyl (C=O) groups is 2. The lowest BCUT2D eigenvalue weighted by Crippen LogP contribution is -2.50. The van der Waals surface area contributed by atoms with Gasteiger partial charge in [-0.2, -0.15) is 0 Å². The highest BCUT2D eigenvalue weighted by Crippen LogP contribution is 2.30. The van der Waals surface area contributed by atoms with Gasteiger partial charge in [-0.3, -0.25) is 9.59 Å². The molecular formula is C20H20ClN3O3. The average Bonchev–Trinajstić information content (AvgIpc) is 2.69. The summed E-state index contributed by atoms with van der Waals surface area (Å²) in [4.78, 5) is 28.9. The van der Waals surface area contributed by atoms with Crippen molar-refractivity contribution in [1.29, 1.82) is 0 Å². The molecule has 1 fully saturated rings. The zero-order valence-electron chi connectivity index (χ0n) is 14.7.